The Hall–Kier alpha value is -2.49. The van der Waals surface area contributed by atoms with Gasteiger partial charge in [0.25, 0.3) is 0 Å². The zero-order chi connectivity index (χ0) is 13.7. The first-order valence-electron chi connectivity index (χ1n) is 6.10. The summed E-state index contributed by atoms with van der Waals surface area (Å²) in [6.07, 6.45) is 0. The second kappa shape index (κ2) is 5.91. The van der Waals surface area contributed by atoms with Crippen molar-refractivity contribution in [1.29, 1.82) is 0 Å². The molecular weight excluding hydrogens is 240 g/mol. The standard InChI is InChI=1S/C15H16N2O2/c1-2-19-15(18)12-9-6-10-13(14(12)16)17-11-7-4-3-5-8-11/h3-10,17H,2,16H2,1H3. The van der Waals surface area contributed by atoms with Crippen LogP contribution in [0.5, 0.6) is 0 Å². The van der Waals surface area contributed by atoms with Crippen LogP contribution >= 0.6 is 0 Å². The van der Waals surface area contributed by atoms with Crippen molar-refractivity contribution >= 4 is 23.0 Å². The Morgan fingerprint density at radius 1 is 1.16 bits per heavy atom. The molecule has 0 aromatic heterocycles. The van der Waals surface area contributed by atoms with Gasteiger partial charge in [0.05, 0.1) is 23.5 Å². The van der Waals surface area contributed by atoms with E-state index >= 15 is 0 Å². The van der Waals surface area contributed by atoms with Gasteiger partial charge in [-0.15, -0.1) is 0 Å². The smallest absolute Gasteiger partial charge is 0.340 e. The monoisotopic (exact) mass is 256 g/mol. The summed E-state index contributed by atoms with van der Waals surface area (Å²) in [5.74, 6) is -0.406. The van der Waals surface area contributed by atoms with Crippen molar-refractivity contribution in [2.75, 3.05) is 17.7 Å². The highest BCUT2D eigenvalue weighted by Crippen LogP contribution is 2.26. The van der Waals surface area contributed by atoms with Gasteiger partial charge in [0.1, 0.15) is 0 Å². The summed E-state index contributed by atoms with van der Waals surface area (Å²) in [4.78, 5) is 11.7. The van der Waals surface area contributed by atoms with Crippen LogP contribution in [-0.4, -0.2) is 12.6 Å². The number of esters is 1. The molecule has 0 bridgehead atoms. The molecule has 2 aromatic rings. The number of nitrogen functional groups attached to an aromatic ring is 1. The molecule has 0 unspecified atom stereocenters. The molecule has 0 saturated heterocycles. The lowest BCUT2D eigenvalue weighted by Crippen LogP contribution is -2.09. The number of hydrogen-bond acceptors (Lipinski definition) is 4. The topological polar surface area (TPSA) is 64.3 Å². The van der Waals surface area contributed by atoms with Gasteiger partial charge in [0.2, 0.25) is 0 Å². The molecule has 0 aliphatic rings. The predicted octanol–water partition coefficient (Wildman–Crippen LogP) is 3.19. The Balaban J connectivity index is 2.27. The van der Waals surface area contributed by atoms with Crippen molar-refractivity contribution in [3.05, 3.63) is 54.1 Å². The van der Waals surface area contributed by atoms with Crippen LogP contribution in [0, 0.1) is 0 Å². The molecule has 0 radical (unpaired) electrons. The summed E-state index contributed by atoms with van der Waals surface area (Å²) in [7, 11) is 0. The first kappa shape index (κ1) is 13.0. The minimum Gasteiger partial charge on any atom is -0.462 e. The lowest BCUT2D eigenvalue weighted by molar-refractivity contribution is 0.0527. The van der Waals surface area contributed by atoms with Crippen LogP contribution in [0.15, 0.2) is 48.5 Å². The highest BCUT2D eigenvalue weighted by atomic mass is 16.5. The minimum atomic E-state index is -0.406. The Labute approximate surface area is 112 Å². The van der Waals surface area contributed by atoms with Crippen molar-refractivity contribution in [2.24, 2.45) is 0 Å². The maximum Gasteiger partial charge on any atom is 0.340 e. The summed E-state index contributed by atoms with van der Waals surface area (Å²) >= 11 is 0. The van der Waals surface area contributed by atoms with Crippen molar-refractivity contribution in [1.82, 2.24) is 0 Å². The van der Waals surface area contributed by atoms with Crippen LogP contribution in [0.2, 0.25) is 0 Å². The molecule has 0 aliphatic carbocycles. The molecule has 2 rings (SSSR count). The normalized spacial score (nSPS) is 9.95. The molecular formula is C15H16N2O2. The van der Waals surface area contributed by atoms with E-state index in [1.807, 2.05) is 36.4 Å². The number of anilines is 3. The van der Waals surface area contributed by atoms with Gasteiger partial charge in [0.15, 0.2) is 0 Å². The van der Waals surface area contributed by atoms with E-state index in [-0.39, 0.29) is 0 Å². The van der Waals surface area contributed by atoms with Gasteiger partial charge in [0, 0.05) is 5.69 Å². The van der Waals surface area contributed by atoms with Gasteiger partial charge < -0.3 is 15.8 Å². The fourth-order valence-corrected chi connectivity index (χ4v) is 1.74. The molecule has 3 N–H and O–H groups in total. The van der Waals surface area contributed by atoms with Crippen molar-refractivity contribution < 1.29 is 9.53 Å². The van der Waals surface area contributed by atoms with E-state index in [0.717, 1.165) is 5.69 Å². The SMILES string of the molecule is CCOC(=O)c1cccc(Nc2ccccc2)c1N. The van der Waals surface area contributed by atoms with Crippen LogP contribution in [0.4, 0.5) is 17.1 Å². The Bertz CT molecular complexity index is 568. The largest absolute Gasteiger partial charge is 0.462 e. The van der Waals surface area contributed by atoms with Crippen LogP contribution in [0.1, 0.15) is 17.3 Å². The molecule has 4 nitrogen and oxygen atoms in total. The molecule has 0 heterocycles. The molecule has 0 fully saturated rings. The Kier molecular flexibility index (Phi) is 4.03. The van der Waals surface area contributed by atoms with E-state index in [1.165, 1.54) is 0 Å². The average molecular weight is 256 g/mol. The summed E-state index contributed by atoms with van der Waals surface area (Å²) in [5, 5.41) is 3.18. The number of rotatable bonds is 4. The van der Waals surface area contributed by atoms with Crippen LogP contribution in [0.3, 0.4) is 0 Å². The van der Waals surface area contributed by atoms with Gasteiger partial charge >= 0.3 is 5.97 Å². The minimum absolute atomic E-state index is 0.328. The fraction of sp³-hybridized carbons (Fsp3) is 0.133. The number of carbonyl (C=O) groups is 1. The zero-order valence-electron chi connectivity index (χ0n) is 10.7. The van der Waals surface area contributed by atoms with Crippen LogP contribution in [0.25, 0.3) is 0 Å². The van der Waals surface area contributed by atoms with Crippen molar-refractivity contribution in [3.63, 3.8) is 0 Å². The fourth-order valence-electron chi connectivity index (χ4n) is 1.74. The molecule has 19 heavy (non-hydrogen) atoms. The molecule has 98 valence electrons. The third-order valence-corrected chi connectivity index (χ3v) is 2.65. The van der Waals surface area contributed by atoms with E-state index in [1.54, 1.807) is 19.1 Å². The lowest BCUT2D eigenvalue weighted by Gasteiger charge is -2.12. The summed E-state index contributed by atoms with van der Waals surface area (Å²) < 4.78 is 4.97. The average Bonchev–Trinajstić information content (AvgIpc) is 2.42. The molecule has 2 aromatic carbocycles. The first-order chi connectivity index (χ1) is 9.22. The molecule has 0 atom stereocenters. The van der Waals surface area contributed by atoms with E-state index in [9.17, 15) is 4.79 Å². The number of nitrogens with two attached hydrogens (primary N) is 1. The second-order valence-electron chi connectivity index (χ2n) is 3.98. The van der Waals surface area contributed by atoms with Gasteiger partial charge in [-0.05, 0) is 31.2 Å². The van der Waals surface area contributed by atoms with E-state index < -0.39 is 5.97 Å². The van der Waals surface area contributed by atoms with Crippen molar-refractivity contribution in [2.45, 2.75) is 6.92 Å². The summed E-state index contributed by atoms with van der Waals surface area (Å²) in [6, 6.07) is 14.9. The molecule has 0 saturated carbocycles. The molecule has 0 aliphatic heterocycles. The highest BCUT2D eigenvalue weighted by molar-refractivity contribution is 5.98. The van der Waals surface area contributed by atoms with E-state index in [4.69, 9.17) is 10.5 Å². The number of para-hydroxylation sites is 2. The van der Waals surface area contributed by atoms with Crippen LogP contribution in [-0.2, 0) is 4.74 Å². The van der Waals surface area contributed by atoms with Gasteiger partial charge in [-0.2, -0.15) is 0 Å². The van der Waals surface area contributed by atoms with Gasteiger partial charge in [-0.3, -0.25) is 0 Å². The Morgan fingerprint density at radius 2 is 1.89 bits per heavy atom. The first-order valence-corrected chi connectivity index (χ1v) is 6.10. The number of hydrogen-bond donors (Lipinski definition) is 2. The maximum atomic E-state index is 11.7. The lowest BCUT2D eigenvalue weighted by atomic mass is 10.1. The van der Waals surface area contributed by atoms with E-state index in [2.05, 4.69) is 5.32 Å². The third kappa shape index (κ3) is 3.04. The van der Waals surface area contributed by atoms with Gasteiger partial charge in [-0.25, -0.2) is 4.79 Å². The third-order valence-electron chi connectivity index (χ3n) is 2.65. The summed E-state index contributed by atoms with van der Waals surface area (Å²) in [6.45, 7) is 2.09. The quantitative estimate of drug-likeness (QED) is 0.651. The van der Waals surface area contributed by atoms with Crippen molar-refractivity contribution in [3.8, 4) is 0 Å². The highest BCUT2D eigenvalue weighted by Gasteiger charge is 2.13. The number of nitrogens with one attached hydrogen (secondary N) is 1. The molecule has 0 amide bonds. The Morgan fingerprint density at radius 3 is 2.58 bits per heavy atom. The number of carbonyl (C=O) groups excluding carboxylic acids is 1. The second-order valence-corrected chi connectivity index (χ2v) is 3.98. The maximum absolute atomic E-state index is 11.7. The van der Waals surface area contributed by atoms with E-state index in [0.29, 0.717) is 23.5 Å². The molecule has 0 spiro atoms. The van der Waals surface area contributed by atoms with Gasteiger partial charge in [-0.1, -0.05) is 24.3 Å². The summed E-state index contributed by atoms with van der Waals surface area (Å²) in [5.41, 5.74) is 8.37. The number of ether oxygens (including phenoxy) is 1. The number of benzene rings is 2. The predicted molar refractivity (Wildman–Crippen MR) is 76.5 cm³/mol. The zero-order valence-corrected chi connectivity index (χ0v) is 10.7. The van der Waals surface area contributed by atoms with Crippen LogP contribution < -0.4 is 11.1 Å². The molecule has 4 heteroatoms.